The summed E-state index contributed by atoms with van der Waals surface area (Å²) in [5.41, 5.74) is 5.95. The van der Waals surface area contributed by atoms with Crippen molar-refractivity contribution >= 4 is 30.9 Å². The molecule has 11 nitrogen and oxygen atoms in total. The van der Waals surface area contributed by atoms with Crippen molar-refractivity contribution in [1.29, 1.82) is 0 Å². The van der Waals surface area contributed by atoms with Crippen LogP contribution in [-0.4, -0.2) is 61.4 Å². The molecule has 0 saturated carbocycles. The van der Waals surface area contributed by atoms with E-state index in [0.29, 0.717) is 30.1 Å². The number of dihydropyridines is 1. The fourth-order valence-corrected chi connectivity index (χ4v) is 5.56. The summed E-state index contributed by atoms with van der Waals surface area (Å²) >= 11 is 0. The van der Waals surface area contributed by atoms with E-state index < -0.39 is 10.8 Å². The number of halogens is 1. The Morgan fingerprint density at radius 3 is 2.34 bits per heavy atom. The van der Waals surface area contributed by atoms with E-state index in [1.165, 1.54) is 23.3 Å². The van der Waals surface area contributed by atoms with Gasteiger partial charge in [-0.25, -0.2) is 0 Å². The molecule has 0 radical (unpaired) electrons. The molecular formula is C29H36ClN5O6. The number of nitrogens with one attached hydrogen (secondary N) is 2. The summed E-state index contributed by atoms with van der Waals surface area (Å²) in [5.74, 6) is 0.959. The van der Waals surface area contributed by atoms with Crippen LogP contribution < -0.4 is 20.1 Å². The molecule has 2 amide bonds. The smallest absolute Gasteiger partial charge is 0.269 e. The Labute approximate surface area is 245 Å². The summed E-state index contributed by atoms with van der Waals surface area (Å²) in [6.45, 7) is 6.65. The van der Waals surface area contributed by atoms with Gasteiger partial charge in [0, 0.05) is 49.7 Å². The van der Waals surface area contributed by atoms with Crippen molar-refractivity contribution in [3.8, 4) is 11.5 Å². The van der Waals surface area contributed by atoms with Crippen LogP contribution in [0.4, 0.5) is 5.69 Å². The normalized spacial score (nSPS) is 16.6. The van der Waals surface area contributed by atoms with Crippen LogP contribution in [0.1, 0.15) is 42.9 Å². The standard InChI is InChI=1S/C29H35N5O6.ClH/c1-19-28(30-17-35)27(21-6-8-24(9-7-21)34(37)38)29(20(2)31-19)33(18-36)12-5-11-32-13-10-22-14-25(39-3)26(40-4)15-23(22)16-32;/h6-9,14-15,17-18,27,31H,5,10-13,16H2,1-4H3,(H,30,35);1H. The number of nitrogens with zero attached hydrogens (tertiary/aromatic N) is 3. The molecule has 0 bridgehead atoms. The molecule has 1 unspecified atom stereocenters. The highest BCUT2D eigenvalue weighted by atomic mass is 35.5. The first-order chi connectivity index (χ1) is 19.3. The maximum atomic E-state index is 12.4. The number of methoxy groups -OCH3 is 2. The van der Waals surface area contributed by atoms with Crippen molar-refractivity contribution in [2.24, 2.45) is 0 Å². The quantitative estimate of drug-likeness (QED) is 0.219. The SMILES string of the molecule is COc1cc2c(cc1OC)CN(CCCN(C=O)C1=C(C)NC(C)=C(NC=O)C1c1ccc([N+](=O)[O-])cc1)CC2.Cl. The number of amides is 2. The van der Waals surface area contributed by atoms with Gasteiger partial charge in [-0.1, -0.05) is 12.1 Å². The largest absolute Gasteiger partial charge is 0.493 e. The van der Waals surface area contributed by atoms with Gasteiger partial charge in [0.2, 0.25) is 12.8 Å². The average molecular weight is 586 g/mol. The van der Waals surface area contributed by atoms with Gasteiger partial charge in [-0.3, -0.25) is 24.6 Å². The third-order valence-electron chi connectivity index (χ3n) is 7.48. The van der Waals surface area contributed by atoms with E-state index >= 15 is 0 Å². The Morgan fingerprint density at radius 1 is 1.10 bits per heavy atom. The zero-order valence-corrected chi connectivity index (χ0v) is 24.5. The van der Waals surface area contributed by atoms with Crippen LogP contribution in [-0.2, 0) is 22.6 Å². The molecule has 0 aromatic heterocycles. The Kier molecular flexibility index (Phi) is 10.7. The lowest BCUT2D eigenvalue weighted by Crippen LogP contribution is -2.39. The van der Waals surface area contributed by atoms with Crippen molar-refractivity contribution < 1.29 is 24.0 Å². The molecule has 2 aromatic carbocycles. The van der Waals surface area contributed by atoms with Crippen LogP contribution in [0.2, 0.25) is 0 Å². The van der Waals surface area contributed by atoms with E-state index in [4.69, 9.17) is 9.47 Å². The fourth-order valence-electron chi connectivity index (χ4n) is 5.56. The van der Waals surface area contributed by atoms with E-state index in [2.05, 4.69) is 15.5 Å². The minimum Gasteiger partial charge on any atom is -0.493 e. The molecule has 0 aliphatic carbocycles. The van der Waals surface area contributed by atoms with Gasteiger partial charge in [0.05, 0.1) is 36.5 Å². The number of nitro groups is 1. The first-order valence-corrected chi connectivity index (χ1v) is 13.1. The maximum absolute atomic E-state index is 12.4. The van der Waals surface area contributed by atoms with E-state index in [0.717, 1.165) is 61.6 Å². The number of non-ortho nitro benzene ring substituents is 1. The van der Waals surface area contributed by atoms with Gasteiger partial charge in [0.15, 0.2) is 11.5 Å². The molecule has 41 heavy (non-hydrogen) atoms. The molecule has 220 valence electrons. The van der Waals surface area contributed by atoms with Crippen LogP contribution in [0, 0.1) is 10.1 Å². The molecule has 0 fully saturated rings. The molecule has 2 aromatic rings. The van der Waals surface area contributed by atoms with Crippen LogP contribution in [0.25, 0.3) is 0 Å². The molecule has 1 atom stereocenters. The Bertz CT molecular complexity index is 1340. The maximum Gasteiger partial charge on any atom is 0.269 e. The monoisotopic (exact) mass is 585 g/mol. The predicted octanol–water partition coefficient (Wildman–Crippen LogP) is 3.84. The number of nitro benzene ring substituents is 1. The van der Waals surface area contributed by atoms with Crippen molar-refractivity contribution in [1.82, 2.24) is 20.4 Å². The lowest BCUT2D eigenvalue weighted by Gasteiger charge is -2.37. The van der Waals surface area contributed by atoms with Crippen LogP contribution in [0.5, 0.6) is 11.5 Å². The highest BCUT2D eigenvalue weighted by molar-refractivity contribution is 5.85. The van der Waals surface area contributed by atoms with Crippen molar-refractivity contribution in [2.75, 3.05) is 33.9 Å². The topological polar surface area (TPSA) is 126 Å². The van der Waals surface area contributed by atoms with Crippen molar-refractivity contribution in [2.45, 2.75) is 39.2 Å². The summed E-state index contributed by atoms with van der Waals surface area (Å²) in [6.07, 6.45) is 3.03. The number of benzene rings is 2. The Balaban J connectivity index is 0.00000462. The number of carbonyl (C=O) groups is 2. The van der Waals surface area contributed by atoms with E-state index in [-0.39, 0.29) is 18.1 Å². The lowest BCUT2D eigenvalue weighted by molar-refractivity contribution is -0.384. The number of hydrogen-bond donors (Lipinski definition) is 2. The summed E-state index contributed by atoms with van der Waals surface area (Å²) in [5, 5.41) is 17.3. The van der Waals surface area contributed by atoms with Crippen molar-refractivity contribution in [3.63, 3.8) is 0 Å². The van der Waals surface area contributed by atoms with Gasteiger partial charge in [0.25, 0.3) is 5.69 Å². The van der Waals surface area contributed by atoms with Crippen LogP contribution >= 0.6 is 12.4 Å². The van der Waals surface area contributed by atoms with E-state index in [9.17, 15) is 19.7 Å². The minimum atomic E-state index is -0.484. The Morgan fingerprint density at radius 2 is 1.76 bits per heavy atom. The average Bonchev–Trinajstić information content (AvgIpc) is 2.96. The summed E-state index contributed by atoms with van der Waals surface area (Å²) in [6, 6.07) is 10.3. The zero-order chi connectivity index (χ0) is 28.8. The molecular weight excluding hydrogens is 550 g/mol. The fraction of sp³-hybridized carbons (Fsp3) is 0.379. The number of rotatable bonds is 12. The second-order valence-electron chi connectivity index (χ2n) is 9.87. The zero-order valence-electron chi connectivity index (χ0n) is 23.6. The first kappa shape index (κ1) is 31.4. The molecule has 12 heteroatoms. The summed E-state index contributed by atoms with van der Waals surface area (Å²) in [4.78, 5) is 38.7. The number of allylic oxidation sites excluding steroid dienone is 2. The van der Waals surface area contributed by atoms with Gasteiger partial charge >= 0.3 is 0 Å². The molecule has 0 spiro atoms. The number of fused-ring (bicyclic) bond motifs is 1. The molecule has 4 rings (SSSR count). The third kappa shape index (κ3) is 6.80. The molecule has 2 N–H and O–H groups in total. The lowest BCUT2D eigenvalue weighted by atomic mass is 9.87. The summed E-state index contributed by atoms with van der Waals surface area (Å²) in [7, 11) is 3.27. The number of hydrogen-bond acceptors (Lipinski definition) is 8. The number of carbonyl (C=O) groups excluding carboxylic acids is 2. The molecule has 2 aliphatic rings. The summed E-state index contributed by atoms with van der Waals surface area (Å²) < 4.78 is 10.9. The predicted molar refractivity (Wildman–Crippen MR) is 157 cm³/mol. The molecule has 2 aliphatic heterocycles. The van der Waals surface area contributed by atoms with E-state index in [1.807, 2.05) is 26.0 Å². The van der Waals surface area contributed by atoms with Gasteiger partial charge < -0.3 is 25.0 Å². The van der Waals surface area contributed by atoms with Gasteiger partial charge in [-0.15, -0.1) is 12.4 Å². The third-order valence-corrected chi connectivity index (χ3v) is 7.48. The van der Waals surface area contributed by atoms with Crippen molar-refractivity contribution in [3.05, 3.63) is 86.0 Å². The molecule has 0 saturated heterocycles. The second-order valence-corrected chi connectivity index (χ2v) is 9.87. The molecule has 2 heterocycles. The first-order valence-electron chi connectivity index (χ1n) is 13.1. The minimum absolute atomic E-state index is 0. The van der Waals surface area contributed by atoms with Crippen LogP contribution in [0.15, 0.2) is 59.2 Å². The number of ether oxygens (including phenoxy) is 2. The Hall–Kier alpha value is -4.09. The van der Waals surface area contributed by atoms with Gasteiger partial charge in [-0.05, 0) is 55.5 Å². The van der Waals surface area contributed by atoms with Gasteiger partial charge in [-0.2, -0.15) is 0 Å². The van der Waals surface area contributed by atoms with Gasteiger partial charge in [0.1, 0.15) is 0 Å². The highest BCUT2D eigenvalue weighted by Gasteiger charge is 2.33. The van der Waals surface area contributed by atoms with E-state index in [1.54, 1.807) is 31.3 Å². The van der Waals surface area contributed by atoms with Crippen LogP contribution in [0.3, 0.4) is 0 Å². The highest BCUT2D eigenvalue weighted by Crippen LogP contribution is 2.39. The second kappa shape index (κ2) is 14.0.